The molecule has 2 aromatic heterocycles. The van der Waals surface area contributed by atoms with Gasteiger partial charge in [0.15, 0.2) is 5.65 Å². The normalized spacial score (nSPS) is 16.8. The highest BCUT2D eigenvalue weighted by molar-refractivity contribution is 5.53. The van der Waals surface area contributed by atoms with Crippen molar-refractivity contribution in [3.8, 4) is 0 Å². The number of alkyl halides is 3. The first-order chi connectivity index (χ1) is 12.1. The quantitative estimate of drug-likeness (QED) is 0.766. The van der Waals surface area contributed by atoms with Crippen molar-refractivity contribution < 1.29 is 18.3 Å². The summed E-state index contributed by atoms with van der Waals surface area (Å²) in [5, 5.41) is 18.9. The molecule has 0 aliphatic heterocycles. The Hall–Kier alpha value is -2.41. The molecule has 136 valence electrons. The summed E-state index contributed by atoms with van der Waals surface area (Å²) in [4.78, 5) is 0. The third-order valence-electron chi connectivity index (χ3n) is 5.04. The van der Waals surface area contributed by atoms with Crippen molar-refractivity contribution in [2.24, 2.45) is 0 Å². The van der Waals surface area contributed by atoms with Gasteiger partial charge in [0.2, 0.25) is 0 Å². The van der Waals surface area contributed by atoms with Crippen LogP contribution in [-0.2, 0) is 17.2 Å². The van der Waals surface area contributed by atoms with Crippen molar-refractivity contribution in [3.63, 3.8) is 0 Å². The van der Waals surface area contributed by atoms with E-state index in [2.05, 4.69) is 10.2 Å². The molecule has 0 bridgehead atoms. The Labute approximate surface area is 148 Å². The first kappa shape index (κ1) is 17.0. The molecule has 4 nitrogen and oxygen atoms in total. The lowest BCUT2D eigenvalue weighted by Crippen LogP contribution is -2.18. The average molecular weight is 361 g/mol. The lowest BCUT2D eigenvalue weighted by atomic mass is 9.93. The maximum absolute atomic E-state index is 12.8. The summed E-state index contributed by atoms with van der Waals surface area (Å²) >= 11 is 0. The molecule has 0 radical (unpaired) electrons. The lowest BCUT2D eigenvalue weighted by Gasteiger charge is -2.19. The number of hydrogen-bond donors (Lipinski definition) is 1. The number of aliphatic hydroxyl groups is 1. The highest BCUT2D eigenvalue weighted by Gasteiger charge is 2.50. The summed E-state index contributed by atoms with van der Waals surface area (Å²) in [6, 6.07) is 8.89. The molecule has 3 aromatic rings. The Balaban J connectivity index is 1.81. The van der Waals surface area contributed by atoms with Gasteiger partial charge in [0.25, 0.3) is 0 Å². The van der Waals surface area contributed by atoms with Gasteiger partial charge in [-0.25, -0.2) is 0 Å². The minimum Gasteiger partial charge on any atom is -0.386 e. The zero-order valence-corrected chi connectivity index (χ0v) is 14.4. The van der Waals surface area contributed by atoms with Gasteiger partial charge in [-0.1, -0.05) is 18.2 Å². The smallest absolute Gasteiger partial charge is 0.386 e. The molecule has 0 amide bonds. The van der Waals surface area contributed by atoms with E-state index in [-0.39, 0.29) is 0 Å². The molecule has 1 aliphatic rings. The molecule has 1 fully saturated rings. The fourth-order valence-corrected chi connectivity index (χ4v) is 3.46. The minimum atomic E-state index is -4.35. The summed E-state index contributed by atoms with van der Waals surface area (Å²) in [7, 11) is 0. The number of halogens is 3. The van der Waals surface area contributed by atoms with E-state index in [1.807, 2.05) is 16.7 Å². The van der Waals surface area contributed by atoms with Gasteiger partial charge < -0.3 is 5.11 Å². The van der Waals surface area contributed by atoms with E-state index in [1.54, 1.807) is 19.9 Å². The average Bonchev–Trinajstić information content (AvgIpc) is 3.25. The molecule has 0 saturated heterocycles. The van der Waals surface area contributed by atoms with Crippen molar-refractivity contribution in [1.29, 1.82) is 0 Å². The predicted octanol–water partition coefficient (Wildman–Crippen LogP) is 4.06. The van der Waals surface area contributed by atoms with Gasteiger partial charge in [-0.15, -0.1) is 10.2 Å². The second-order valence-electron chi connectivity index (χ2n) is 7.36. The number of nitrogens with zero attached hydrogens (tertiary/aromatic N) is 3. The molecule has 26 heavy (non-hydrogen) atoms. The van der Waals surface area contributed by atoms with Gasteiger partial charge in [0.05, 0.1) is 16.6 Å². The van der Waals surface area contributed by atoms with E-state index < -0.39 is 22.8 Å². The first-order valence-corrected chi connectivity index (χ1v) is 8.38. The number of pyridine rings is 1. The second kappa shape index (κ2) is 5.30. The number of aromatic nitrogens is 3. The van der Waals surface area contributed by atoms with Crippen molar-refractivity contribution in [2.75, 3.05) is 0 Å². The Kier molecular flexibility index (Phi) is 3.47. The SMILES string of the molecule is CC(C)(O)c1cccn2c(C3(c4ccc(C(F)(F)F)cc4)CC3)nnc12. The summed E-state index contributed by atoms with van der Waals surface area (Å²) in [6.07, 6.45) is -0.930. The molecule has 1 saturated carbocycles. The fourth-order valence-electron chi connectivity index (χ4n) is 3.46. The topological polar surface area (TPSA) is 50.4 Å². The van der Waals surface area contributed by atoms with Crippen LogP contribution in [0, 0.1) is 0 Å². The maximum Gasteiger partial charge on any atom is 0.416 e. The van der Waals surface area contributed by atoms with E-state index in [0.29, 0.717) is 17.0 Å². The monoisotopic (exact) mass is 361 g/mol. The highest BCUT2D eigenvalue weighted by Crippen LogP contribution is 2.53. The van der Waals surface area contributed by atoms with Crippen LogP contribution in [0.4, 0.5) is 13.2 Å². The minimum absolute atomic E-state index is 0.429. The van der Waals surface area contributed by atoms with Gasteiger partial charge in [0.1, 0.15) is 5.82 Å². The maximum atomic E-state index is 12.8. The van der Waals surface area contributed by atoms with Crippen LogP contribution in [0.5, 0.6) is 0 Å². The summed E-state index contributed by atoms with van der Waals surface area (Å²) in [6.45, 7) is 3.36. The van der Waals surface area contributed by atoms with Crippen molar-refractivity contribution >= 4 is 5.65 Å². The zero-order valence-electron chi connectivity index (χ0n) is 14.4. The summed E-state index contributed by atoms with van der Waals surface area (Å²) < 4.78 is 40.3. The molecule has 2 heterocycles. The van der Waals surface area contributed by atoms with Gasteiger partial charge in [-0.05, 0) is 50.5 Å². The van der Waals surface area contributed by atoms with Crippen LogP contribution in [0.2, 0.25) is 0 Å². The van der Waals surface area contributed by atoms with E-state index in [1.165, 1.54) is 12.1 Å². The van der Waals surface area contributed by atoms with Crippen LogP contribution in [0.3, 0.4) is 0 Å². The Morgan fingerprint density at radius 1 is 1.04 bits per heavy atom. The number of fused-ring (bicyclic) bond motifs is 1. The third kappa shape index (κ3) is 2.58. The second-order valence-corrected chi connectivity index (χ2v) is 7.36. The molecule has 0 unspecified atom stereocenters. The van der Waals surface area contributed by atoms with Gasteiger partial charge in [-0.3, -0.25) is 4.40 Å². The van der Waals surface area contributed by atoms with E-state index in [4.69, 9.17) is 0 Å². The number of rotatable bonds is 3. The van der Waals surface area contributed by atoms with E-state index in [9.17, 15) is 18.3 Å². The highest BCUT2D eigenvalue weighted by atomic mass is 19.4. The van der Waals surface area contributed by atoms with E-state index in [0.717, 1.165) is 30.5 Å². The Morgan fingerprint density at radius 3 is 2.23 bits per heavy atom. The van der Waals surface area contributed by atoms with Crippen LogP contribution >= 0.6 is 0 Å². The van der Waals surface area contributed by atoms with Crippen molar-refractivity contribution in [2.45, 2.75) is 43.9 Å². The molecule has 7 heteroatoms. The van der Waals surface area contributed by atoms with Crippen LogP contribution in [-0.4, -0.2) is 19.7 Å². The third-order valence-corrected chi connectivity index (χ3v) is 5.04. The lowest BCUT2D eigenvalue weighted by molar-refractivity contribution is -0.137. The largest absolute Gasteiger partial charge is 0.416 e. The number of benzene rings is 1. The zero-order chi connectivity index (χ0) is 18.7. The van der Waals surface area contributed by atoms with Gasteiger partial charge in [0, 0.05) is 11.8 Å². The molecular weight excluding hydrogens is 343 g/mol. The Bertz CT molecular complexity index is 964. The molecule has 1 aromatic carbocycles. The Morgan fingerprint density at radius 2 is 1.69 bits per heavy atom. The molecule has 1 N–H and O–H groups in total. The summed E-state index contributed by atoms with van der Waals surface area (Å²) in [5.41, 5.74) is -0.143. The van der Waals surface area contributed by atoms with Crippen LogP contribution in [0.1, 0.15) is 49.2 Å². The standard InChI is InChI=1S/C19H18F3N3O/c1-17(2,26)14-4-3-11-25-15(14)23-24-16(25)18(9-10-18)12-5-7-13(8-6-12)19(20,21)22/h3-8,11,26H,9-10H2,1-2H3. The van der Waals surface area contributed by atoms with E-state index >= 15 is 0 Å². The molecule has 1 aliphatic carbocycles. The number of hydrogen-bond acceptors (Lipinski definition) is 3. The fraction of sp³-hybridized carbons (Fsp3) is 0.368. The summed E-state index contributed by atoms with van der Waals surface area (Å²) in [5.74, 6) is 0.693. The molecule has 4 rings (SSSR count). The van der Waals surface area contributed by atoms with Gasteiger partial charge >= 0.3 is 6.18 Å². The van der Waals surface area contributed by atoms with Crippen molar-refractivity contribution in [3.05, 3.63) is 65.1 Å². The molecular formula is C19H18F3N3O. The predicted molar refractivity (Wildman–Crippen MR) is 89.7 cm³/mol. The van der Waals surface area contributed by atoms with Crippen LogP contribution < -0.4 is 0 Å². The molecule has 0 spiro atoms. The first-order valence-electron chi connectivity index (χ1n) is 8.38. The van der Waals surface area contributed by atoms with Gasteiger partial charge in [-0.2, -0.15) is 13.2 Å². The molecule has 0 atom stereocenters. The van der Waals surface area contributed by atoms with Crippen LogP contribution in [0.15, 0.2) is 42.6 Å². The van der Waals surface area contributed by atoms with Crippen LogP contribution in [0.25, 0.3) is 5.65 Å². The van der Waals surface area contributed by atoms with Crippen molar-refractivity contribution in [1.82, 2.24) is 14.6 Å².